The highest BCUT2D eigenvalue weighted by Gasteiger charge is 2.00. The van der Waals surface area contributed by atoms with E-state index in [-0.39, 0.29) is 9.52 Å². The summed E-state index contributed by atoms with van der Waals surface area (Å²) in [6, 6.07) is 1.37. The van der Waals surface area contributed by atoms with E-state index >= 15 is 0 Å². The molecule has 11 heavy (non-hydrogen) atoms. The molecule has 0 fully saturated rings. The molecule has 1 heterocycles. The summed E-state index contributed by atoms with van der Waals surface area (Å²) in [4.78, 5) is 7.78. The Bertz CT molecular complexity index is 210. The molecule has 0 spiro atoms. The first kappa shape index (κ1) is 8.52. The summed E-state index contributed by atoms with van der Waals surface area (Å²) >= 11 is 0. The SMILES string of the molecule is CCC[SiH2]c1nc(C)c(C)[nH]1. The smallest absolute Gasteiger partial charge is 0.1000 e. The van der Waals surface area contributed by atoms with Gasteiger partial charge in [0.1, 0.15) is 0 Å². The first-order valence-electron chi connectivity index (χ1n) is 4.26. The van der Waals surface area contributed by atoms with Crippen LogP contribution in [0.25, 0.3) is 0 Å². The molecule has 0 radical (unpaired) electrons. The van der Waals surface area contributed by atoms with E-state index < -0.39 is 0 Å². The van der Waals surface area contributed by atoms with Crippen molar-refractivity contribution < 1.29 is 0 Å². The summed E-state index contributed by atoms with van der Waals surface area (Å²) in [6.07, 6.45) is 1.30. The second-order valence-electron chi connectivity index (χ2n) is 3.00. The lowest BCUT2D eigenvalue weighted by molar-refractivity contribution is 1.07. The van der Waals surface area contributed by atoms with Crippen molar-refractivity contribution in [3.63, 3.8) is 0 Å². The van der Waals surface area contributed by atoms with Crippen LogP contribution in [0.4, 0.5) is 0 Å². The lowest BCUT2D eigenvalue weighted by Gasteiger charge is -1.90. The van der Waals surface area contributed by atoms with Crippen LogP contribution in [-0.4, -0.2) is 19.5 Å². The summed E-state index contributed by atoms with van der Waals surface area (Å²) < 4.78 is 0. The van der Waals surface area contributed by atoms with Crippen molar-refractivity contribution in [3.05, 3.63) is 11.4 Å². The minimum Gasteiger partial charge on any atom is -0.351 e. The van der Waals surface area contributed by atoms with Gasteiger partial charge >= 0.3 is 0 Å². The minimum absolute atomic E-state index is 0.0787. The number of rotatable bonds is 3. The number of imidazole rings is 1. The molecule has 0 atom stereocenters. The fourth-order valence-corrected chi connectivity index (χ4v) is 2.51. The van der Waals surface area contributed by atoms with Crippen molar-refractivity contribution in [2.45, 2.75) is 33.2 Å². The molecule has 0 bridgehead atoms. The standard InChI is InChI=1S/C8H16N2Si/c1-4-5-11-8-9-6(2)7(3)10-8/h4-5,11H2,1-3H3,(H,9,10). The molecule has 0 aliphatic carbocycles. The fraction of sp³-hybridized carbons (Fsp3) is 0.625. The lowest BCUT2D eigenvalue weighted by Crippen LogP contribution is -2.17. The summed E-state index contributed by atoms with van der Waals surface area (Å²) in [5, 5.41) is 0. The summed E-state index contributed by atoms with van der Waals surface area (Å²) in [5.41, 5.74) is 3.69. The van der Waals surface area contributed by atoms with Gasteiger partial charge in [0.05, 0.1) is 20.7 Å². The highest BCUT2D eigenvalue weighted by molar-refractivity contribution is 6.51. The third-order valence-corrected chi connectivity index (χ3v) is 3.81. The number of aromatic amines is 1. The van der Waals surface area contributed by atoms with E-state index in [0.717, 1.165) is 0 Å². The molecule has 0 aliphatic rings. The van der Waals surface area contributed by atoms with Crippen molar-refractivity contribution in [1.82, 2.24) is 9.97 Å². The van der Waals surface area contributed by atoms with Gasteiger partial charge in [0.15, 0.2) is 0 Å². The van der Waals surface area contributed by atoms with Gasteiger partial charge in [-0.1, -0.05) is 19.4 Å². The maximum Gasteiger partial charge on any atom is 0.1000 e. The summed E-state index contributed by atoms with van der Waals surface area (Å²) in [5.74, 6) is 0. The molecule has 0 aromatic carbocycles. The molecule has 0 saturated heterocycles. The van der Waals surface area contributed by atoms with E-state index in [9.17, 15) is 0 Å². The van der Waals surface area contributed by atoms with Gasteiger partial charge in [-0.15, -0.1) is 0 Å². The van der Waals surface area contributed by atoms with Gasteiger partial charge in [0.25, 0.3) is 0 Å². The molecule has 0 amide bonds. The van der Waals surface area contributed by atoms with Crippen LogP contribution < -0.4 is 5.45 Å². The van der Waals surface area contributed by atoms with Crippen molar-refractivity contribution in [2.24, 2.45) is 0 Å². The Morgan fingerprint density at radius 3 is 2.64 bits per heavy atom. The average molecular weight is 168 g/mol. The highest BCUT2D eigenvalue weighted by Crippen LogP contribution is 1.95. The van der Waals surface area contributed by atoms with Gasteiger partial charge in [0, 0.05) is 5.69 Å². The monoisotopic (exact) mass is 168 g/mol. The molecule has 2 nitrogen and oxygen atoms in total. The number of H-pyrrole nitrogens is 1. The molecule has 0 saturated carbocycles. The first-order valence-corrected chi connectivity index (χ1v) is 5.96. The number of nitrogens with one attached hydrogen (secondary N) is 1. The van der Waals surface area contributed by atoms with Gasteiger partial charge in [-0.05, 0) is 13.8 Å². The Morgan fingerprint density at radius 1 is 1.45 bits per heavy atom. The van der Waals surface area contributed by atoms with Crippen molar-refractivity contribution in [1.29, 1.82) is 0 Å². The molecule has 1 rings (SSSR count). The van der Waals surface area contributed by atoms with E-state index in [0.29, 0.717) is 0 Å². The Kier molecular flexibility index (Phi) is 2.88. The van der Waals surface area contributed by atoms with Gasteiger partial charge in [-0.25, -0.2) is 4.98 Å². The van der Waals surface area contributed by atoms with Crippen LogP contribution in [0.3, 0.4) is 0 Å². The molecular formula is C8H16N2Si. The number of aryl methyl sites for hydroxylation is 2. The van der Waals surface area contributed by atoms with E-state index in [1.807, 2.05) is 0 Å². The predicted octanol–water partition coefficient (Wildman–Crippen LogP) is 0.649. The van der Waals surface area contributed by atoms with Crippen LogP contribution in [0.1, 0.15) is 24.7 Å². The zero-order valence-electron chi connectivity index (χ0n) is 7.57. The number of aromatic nitrogens is 2. The molecule has 0 aliphatic heterocycles. The third-order valence-electron chi connectivity index (χ3n) is 1.94. The summed E-state index contributed by atoms with van der Waals surface area (Å²) in [7, 11) is -0.0787. The molecule has 1 aromatic heterocycles. The van der Waals surface area contributed by atoms with E-state index in [4.69, 9.17) is 0 Å². The van der Waals surface area contributed by atoms with Crippen molar-refractivity contribution >= 4 is 15.0 Å². The number of hydrogen-bond donors (Lipinski definition) is 1. The van der Waals surface area contributed by atoms with Crippen LogP contribution in [0.2, 0.25) is 6.04 Å². The maximum atomic E-state index is 4.45. The Labute approximate surface area is 70.3 Å². The largest absolute Gasteiger partial charge is 0.351 e. The normalized spacial score (nSPS) is 11.5. The Balaban J connectivity index is 2.58. The third kappa shape index (κ3) is 2.18. The van der Waals surface area contributed by atoms with Crippen LogP contribution in [0, 0.1) is 13.8 Å². The molecule has 1 N–H and O–H groups in total. The Morgan fingerprint density at radius 2 is 2.18 bits per heavy atom. The van der Waals surface area contributed by atoms with E-state index in [2.05, 4.69) is 30.7 Å². The first-order chi connectivity index (χ1) is 5.24. The van der Waals surface area contributed by atoms with Crippen molar-refractivity contribution in [2.75, 3.05) is 0 Å². The fourth-order valence-electron chi connectivity index (χ4n) is 1.08. The molecular weight excluding hydrogens is 152 g/mol. The van der Waals surface area contributed by atoms with Crippen LogP contribution in [0.15, 0.2) is 0 Å². The second-order valence-corrected chi connectivity index (χ2v) is 4.87. The topological polar surface area (TPSA) is 28.7 Å². The molecule has 3 heteroatoms. The molecule has 62 valence electrons. The minimum atomic E-state index is -0.0787. The Hall–Kier alpha value is -0.573. The predicted molar refractivity (Wildman–Crippen MR) is 51.3 cm³/mol. The van der Waals surface area contributed by atoms with Crippen LogP contribution in [0.5, 0.6) is 0 Å². The highest BCUT2D eigenvalue weighted by atomic mass is 28.2. The van der Waals surface area contributed by atoms with Gasteiger partial charge in [-0.3, -0.25) is 0 Å². The molecule has 0 unspecified atom stereocenters. The van der Waals surface area contributed by atoms with Gasteiger partial charge in [-0.2, -0.15) is 0 Å². The second kappa shape index (κ2) is 3.71. The van der Waals surface area contributed by atoms with Gasteiger partial charge in [0.2, 0.25) is 0 Å². The number of nitrogens with zero attached hydrogens (tertiary/aromatic N) is 1. The lowest BCUT2D eigenvalue weighted by atomic mass is 10.4. The van der Waals surface area contributed by atoms with Crippen LogP contribution >= 0.6 is 0 Å². The zero-order valence-corrected chi connectivity index (χ0v) is 8.98. The van der Waals surface area contributed by atoms with E-state index in [1.165, 1.54) is 29.3 Å². The number of hydrogen-bond acceptors (Lipinski definition) is 1. The zero-order chi connectivity index (χ0) is 8.27. The molecule has 1 aromatic rings. The average Bonchev–Trinajstić information content (AvgIpc) is 2.28. The summed E-state index contributed by atoms with van der Waals surface area (Å²) in [6.45, 7) is 6.39. The van der Waals surface area contributed by atoms with Crippen molar-refractivity contribution in [3.8, 4) is 0 Å². The maximum absolute atomic E-state index is 4.45. The van der Waals surface area contributed by atoms with Gasteiger partial charge < -0.3 is 4.98 Å². The quantitative estimate of drug-likeness (QED) is 0.660. The van der Waals surface area contributed by atoms with Crippen LogP contribution in [-0.2, 0) is 0 Å². The van der Waals surface area contributed by atoms with E-state index in [1.54, 1.807) is 0 Å².